The van der Waals surface area contributed by atoms with Crippen molar-refractivity contribution in [3.05, 3.63) is 0 Å². The summed E-state index contributed by atoms with van der Waals surface area (Å²) >= 11 is 0. The van der Waals surface area contributed by atoms with Gasteiger partial charge in [0.2, 0.25) is 0 Å². The summed E-state index contributed by atoms with van der Waals surface area (Å²) in [5.74, 6) is 0.684. The van der Waals surface area contributed by atoms with E-state index in [0.29, 0.717) is 5.92 Å². The second kappa shape index (κ2) is 6.02. The summed E-state index contributed by atoms with van der Waals surface area (Å²) in [5.41, 5.74) is 0.741. The van der Waals surface area contributed by atoms with Gasteiger partial charge in [0.1, 0.15) is 0 Å². The second-order valence-electron chi connectivity index (χ2n) is 5.03. The highest BCUT2D eigenvalue weighted by molar-refractivity contribution is 6.69. The molecule has 1 aliphatic rings. The molecule has 1 saturated carbocycles. The Morgan fingerprint density at radius 1 is 1.27 bits per heavy atom. The first-order valence-electron chi connectivity index (χ1n) is 6.33. The average Bonchev–Trinajstić information content (AvgIpc) is 2.69. The van der Waals surface area contributed by atoms with Crippen molar-refractivity contribution in [2.75, 3.05) is 13.7 Å². The fourth-order valence-electron chi connectivity index (χ4n) is 2.83. The molecule has 3 heteroatoms. The van der Waals surface area contributed by atoms with Gasteiger partial charge in [-0.05, 0) is 31.7 Å². The van der Waals surface area contributed by atoms with Crippen LogP contribution in [0.3, 0.4) is 0 Å². The molecule has 1 aliphatic carbocycles. The average molecular weight is 230 g/mol. The Morgan fingerprint density at radius 3 is 2.27 bits per heavy atom. The fraction of sp³-hybridized carbons (Fsp3) is 1.00. The first-order valence-corrected chi connectivity index (χ1v) is 8.43. The molecule has 1 atom stereocenters. The van der Waals surface area contributed by atoms with E-state index in [0.717, 1.165) is 18.2 Å². The highest BCUT2D eigenvalue weighted by atomic mass is 28.4. The predicted octanol–water partition coefficient (Wildman–Crippen LogP) is 3.71. The van der Waals surface area contributed by atoms with Crippen LogP contribution < -0.4 is 0 Å². The second-order valence-corrected chi connectivity index (χ2v) is 8.57. The van der Waals surface area contributed by atoms with Crippen LogP contribution in [0.2, 0.25) is 11.6 Å². The summed E-state index contributed by atoms with van der Waals surface area (Å²) in [5, 5.41) is 0. The van der Waals surface area contributed by atoms with Gasteiger partial charge in [0.05, 0.1) is 0 Å². The number of hydrogen-bond donors (Lipinski definition) is 0. The zero-order chi connectivity index (χ0) is 11.3. The normalized spacial score (nSPS) is 22.2. The van der Waals surface area contributed by atoms with Gasteiger partial charge in [0.25, 0.3) is 0 Å². The molecule has 0 radical (unpaired) electrons. The molecule has 2 nitrogen and oxygen atoms in total. The third-order valence-corrected chi connectivity index (χ3v) is 8.08. The first-order chi connectivity index (χ1) is 7.14. The summed E-state index contributed by atoms with van der Waals surface area (Å²) in [6.45, 7) is 7.45. The Labute approximate surface area is 95.6 Å². The fourth-order valence-corrected chi connectivity index (χ4v) is 7.05. The van der Waals surface area contributed by atoms with Crippen LogP contribution in [0.4, 0.5) is 0 Å². The van der Waals surface area contributed by atoms with E-state index < -0.39 is 8.56 Å². The lowest BCUT2D eigenvalue weighted by Gasteiger charge is -2.35. The van der Waals surface area contributed by atoms with Crippen LogP contribution in [0.15, 0.2) is 0 Å². The van der Waals surface area contributed by atoms with Crippen LogP contribution in [0.1, 0.15) is 46.5 Å². The lowest BCUT2D eigenvalue weighted by atomic mass is 10.3. The van der Waals surface area contributed by atoms with E-state index in [4.69, 9.17) is 8.85 Å². The third kappa shape index (κ3) is 3.30. The third-order valence-electron chi connectivity index (χ3n) is 3.40. The predicted molar refractivity (Wildman–Crippen MR) is 66.3 cm³/mol. The minimum atomic E-state index is -1.90. The van der Waals surface area contributed by atoms with E-state index in [9.17, 15) is 0 Å². The lowest BCUT2D eigenvalue weighted by Crippen LogP contribution is -2.46. The molecule has 0 bridgehead atoms. The number of rotatable bonds is 6. The zero-order valence-corrected chi connectivity index (χ0v) is 11.7. The quantitative estimate of drug-likeness (QED) is 0.648. The van der Waals surface area contributed by atoms with E-state index in [1.165, 1.54) is 25.7 Å². The Bertz CT molecular complexity index is 178. The van der Waals surface area contributed by atoms with E-state index in [2.05, 4.69) is 20.8 Å². The summed E-state index contributed by atoms with van der Waals surface area (Å²) in [4.78, 5) is 0. The van der Waals surface area contributed by atoms with Crippen molar-refractivity contribution in [2.45, 2.75) is 58.0 Å². The maximum absolute atomic E-state index is 6.09. The molecule has 0 aromatic carbocycles. The Hall–Kier alpha value is 0.137. The molecule has 0 aliphatic heterocycles. The van der Waals surface area contributed by atoms with Gasteiger partial charge in [-0.15, -0.1) is 0 Å². The van der Waals surface area contributed by atoms with E-state index in [-0.39, 0.29) is 0 Å². The van der Waals surface area contributed by atoms with Crippen molar-refractivity contribution in [2.24, 2.45) is 5.92 Å². The SMILES string of the molecule is CCO[Si](CC(C)C)(OC)C1CCCC1. The van der Waals surface area contributed by atoms with Crippen molar-refractivity contribution in [1.29, 1.82) is 0 Å². The molecule has 0 heterocycles. The molecule has 1 rings (SSSR count). The maximum Gasteiger partial charge on any atom is 0.341 e. The van der Waals surface area contributed by atoms with Gasteiger partial charge in [-0.2, -0.15) is 0 Å². The summed E-state index contributed by atoms with van der Waals surface area (Å²) in [7, 11) is -0.0358. The Kier molecular flexibility index (Phi) is 5.30. The van der Waals surface area contributed by atoms with Gasteiger partial charge in [-0.1, -0.05) is 26.7 Å². The molecule has 90 valence electrons. The van der Waals surface area contributed by atoms with E-state index in [1.807, 2.05) is 7.11 Å². The molecule has 0 spiro atoms. The van der Waals surface area contributed by atoms with E-state index in [1.54, 1.807) is 0 Å². The van der Waals surface area contributed by atoms with Crippen molar-refractivity contribution >= 4 is 8.56 Å². The lowest BCUT2D eigenvalue weighted by molar-refractivity contribution is 0.192. The van der Waals surface area contributed by atoms with Gasteiger partial charge in [-0.25, -0.2) is 0 Å². The molecule has 0 aromatic heterocycles. The highest BCUT2D eigenvalue weighted by Gasteiger charge is 2.46. The van der Waals surface area contributed by atoms with Gasteiger partial charge < -0.3 is 8.85 Å². The minimum absolute atomic E-state index is 0.684. The van der Waals surface area contributed by atoms with E-state index >= 15 is 0 Å². The molecule has 1 fully saturated rings. The van der Waals surface area contributed by atoms with Gasteiger partial charge in [0, 0.05) is 19.3 Å². The maximum atomic E-state index is 6.09. The van der Waals surface area contributed by atoms with Crippen LogP contribution in [0.25, 0.3) is 0 Å². The van der Waals surface area contributed by atoms with Crippen LogP contribution >= 0.6 is 0 Å². The molecular formula is C12H26O2Si. The topological polar surface area (TPSA) is 18.5 Å². The van der Waals surface area contributed by atoms with Gasteiger partial charge >= 0.3 is 8.56 Å². The number of hydrogen-bond acceptors (Lipinski definition) is 2. The molecule has 0 N–H and O–H groups in total. The van der Waals surface area contributed by atoms with Crippen molar-refractivity contribution in [1.82, 2.24) is 0 Å². The molecule has 0 amide bonds. The van der Waals surface area contributed by atoms with Crippen LogP contribution in [0.5, 0.6) is 0 Å². The van der Waals surface area contributed by atoms with Crippen LogP contribution in [-0.2, 0) is 8.85 Å². The smallest absolute Gasteiger partial charge is 0.341 e. The zero-order valence-electron chi connectivity index (χ0n) is 10.7. The van der Waals surface area contributed by atoms with Crippen molar-refractivity contribution in [3.8, 4) is 0 Å². The largest absolute Gasteiger partial charge is 0.397 e. The first kappa shape index (κ1) is 13.2. The summed E-state index contributed by atoms with van der Waals surface area (Å²) in [6, 6.07) is 1.15. The van der Waals surface area contributed by atoms with Gasteiger partial charge in [0.15, 0.2) is 0 Å². The van der Waals surface area contributed by atoms with Crippen molar-refractivity contribution in [3.63, 3.8) is 0 Å². The molecule has 15 heavy (non-hydrogen) atoms. The highest BCUT2D eigenvalue weighted by Crippen LogP contribution is 2.42. The molecule has 1 unspecified atom stereocenters. The van der Waals surface area contributed by atoms with Crippen LogP contribution in [0, 0.1) is 5.92 Å². The summed E-state index contributed by atoms with van der Waals surface area (Å²) in [6.07, 6.45) is 5.39. The van der Waals surface area contributed by atoms with Crippen molar-refractivity contribution < 1.29 is 8.85 Å². The molecular weight excluding hydrogens is 204 g/mol. The Balaban J connectivity index is 2.70. The minimum Gasteiger partial charge on any atom is -0.397 e. The molecule has 0 aromatic rings. The standard InChI is InChI=1S/C12H26O2Si/c1-5-14-15(13-4,10-11(2)3)12-8-6-7-9-12/h11-12H,5-10H2,1-4H3. The Morgan fingerprint density at radius 2 is 1.87 bits per heavy atom. The summed E-state index contributed by atoms with van der Waals surface area (Å²) < 4.78 is 12.0. The van der Waals surface area contributed by atoms with Gasteiger partial charge in [-0.3, -0.25) is 0 Å². The monoisotopic (exact) mass is 230 g/mol. The van der Waals surface area contributed by atoms with Crippen LogP contribution in [-0.4, -0.2) is 22.3 Å². The molecule has 0 saturated heterocycles.